The fourth-order valence-electron chi connectivity index (χ4n) is 7.18. The number of benzene rings is 1. The Bertz CT molecular complexity index is 1820. The van der Waals surface area contributed by atoms with Crippen LogP contribution in [0.2, 0.25) is 0 Å². The van der Waals surface area contributed by atoms with Crippen LogP contribution in [-0.4, -0.2) is 83.2 Å². The van der Waals surface area contributed by atoms with Gasteiger partial charge in [-0.25, -0.2) is 17.6 Å². The van der Waals surface area contributed by atoms with Gasteiger partial charge in [-0.15, -0.1) is 6.58 Å². The number of fused-ring (bicyclic) bond motifs is 1. The lowest BCUT2D eigenvalue weighted by atomic mass is 9.90. The number of hydrogen-bond donors (Lipinski definition) is 1. The summed E-state index contributed by atoms with van der Waals surface area (Å²) in [5, 5.41) is -0.667. The summed E-state index contributed by atoms with van der Waals surface area (Å²) in [7, 11) is -3.92. The number of nitrogens with zero attached hydrogens (tertiary/aromatic N) is 2. The molecule has 5 atom stereocenters. The van der Waals surface area contributed by atoms with E-state index in [-0.39, 0.29) is 57.5 Å². The Hall–Kier alpha value is -4.40. The predicted octanol–water partition coefficient (Wildman–Crippen LogP) is 4.28. The van der Waals surface area contributed by atoms with E-state index in [0.29, 0.717) is 24.0 Å². The number of carbonyl (C=O) groups excluding carboxylic acids is 6. The smallest absolute Gasteiger partial charge is 0.410 e. The molecule has 1 saturated heterocycles. The number of ketones is 2. The quantitative estimate of drug-likeness (QED) is 0.155. The van der Waals surface area contributed by atoms with Crippen LogP contribution in [0.4, 0.5) is 9.18 Å². The lowest BCUT2D eigenvalue weighted by molar-refractivity contribution is -0.159. The lowest BCUT2D eigenvalue weighted by Gasteiger charge is -2.29. The van der Waals surface area contributed by atoms with E-state index in [1.54, 1.807) is 45.9 Å². The van der Waals surface area contributed by atoms with Gasteiger partial charge in [0.25, 0.3) is 0 Å². The van der Waals surface area contributed by atoms with Crippen LogP contribution in [0.25, 0.3) is 0 Å². The molecule has 2 heterocycles. The SMILES string of the molecule is C=C[C@@H]1C[C@]1(CC(=O)C1CC(OC(=O)N2Cc3cccc(F)c3C2)CN1C(=O)[C@H](CCC(=O)/C=C/C)CC(=O)OC(C)(C)C)C(=O)NS(=O)(=O)C1CC1. The van der Waals surface area contributed by atoms with Crippen LogP contribution >= 0.6 is 0 Å². The van der Waals surface area contributed by atoms with Gasteiger partial charge in [-0.2, -0.15) is 0 Å². The lowest BCUT2D eigenvalue weighted by Crippen LogP contribution is -2.46. The molecular formula is C38H48FN3O10S. The molecule has 13 nitrogen and oxygen atoms in total. The Morgan fingerprint density at radius 3 is 2.45 bits per heavy atom. The molecule has 0 aromatic heterocycles. The first-order chi connectivity index (χ1) is 24.9. The molecule has 53 heavy (non-hydrogen) atoms. The van der Waals surface area contributed by atoms with E-state index in [9.17, 15) is 41.6 Å². The number of amides is 3. The van der Waals surface area contributed by atoms with Gasteiger partial charge >= 0.3 is 12.1 Å². The van der Waals surface area contributed by atoms with E-state index in [1.165, 1.54) is 28.0 Å². The van der Waals surface area contributed by atoms with Crippen LogP contribution < -0.4 is 4.72 Å². The van der Waals surface area contributed by atoms with Gasteiger partial charge < -0.3 is 14.4 Å². The zero-order valence-corrected chi connectivity index (χ0v) is 31.4. The first kappa shape index (κ1) is 39.8. The molecule has 2 aliphatic carbocycles. The fraction of sp³-hybridized carbons (Fsp3) is 0.579. The number of nitrogens with one attached hydrogen (secondary N) is 1. The number of hydrogen-bond acceptors (Lipinski definition) is 10. The van der Waals surface area contributed by atoms with Crippen LogP contribution in [0.1, 0.15) is 90.2 Å². The zero-order valence-electron chi connectivity index (χ0n) is 30.6. The summed E-state index contributed by atoms with van der Waals surface area (Å²) >= 11 is 0. The summed E-state index contributed by atoms with van der Waals surface area (Å²) in [5.41, 5.74) is -1.26. The van der Waals surface area contributed by atoms with Crippen molar-refractivity contribution in [2.75, 3.05) is 6.54 Å². The molecule has 3 fully saturated rings. The molecule has 288 valence electrons. The highest BCUT2D eigenvalue weighted by Crippen LogP contribution is 2.57. The molecule has 2 aliphatic heterocycles. The molecule has 0 spiro atoms. The summed E-state index contributed by atoms with van der Waals surface area (Å²) < 4.78 is 53.2. The monoisotopic (exact) mass is 757 g/mol. The van der Waals surface area contributed by atoms with E-state index in [0.717, 1.165) is 0 Å². The molecule has 0 bridgehead atoms. The maximum atomic E-state index is 14.4. The Labute approximate surface area is 309 Å². The van der Waals surface area contributed by atoms with Gasteiger partial charge in [0.05, 0.1) is 36.2 Å². The van der Waals surface area contributed by atoms with E-state index in [1.807, 2.05) is 0 Å². The minimum atomic E-state index is -3.92. The molecule has 5 rings (SSSR count). The van der Waals surface area contributed by atoms with Gasteiger partial charge in [-0.05, 0) is 77.0 Å². The molecule has 4 aliphatic rings. The van der Waals surface area contributed by atoms with Crippen LogP contribution in [-0.2, 0) is 56.6 Å². The molecule has 1 aromatic rings. The Balaban J connectivity index is 1.39. The van der Waals surface area contributed by atoms with Crippen molar-refractivity contribution in [3.8, 4) is 0 Å². The molecule has 2 unspecified atom stereocenters. The maximum Gasteiger partial charge on any atom is 0.410 e. The van der Waals surface area contributed by atoms with Crippen LogP contribution in [0.3, 0.4) is 0 Å². The predicted molar refractivity (Wildman–Crippen MR) is 189 cm³/mol. The number of ether oxygens (including phenoxy) is 2. The van der Waals surface area contributed by atoms with Crippen molar-refractivity contribution in [2.24, 2.45) is 17.3 Å². The highest BCUT2D eigenvalue weighted by molar-refractivity contribution is 7.90. The second-order valence-corrected chi connectivity index (χ2v) is 17.5. The summed E-state index contributed by atoms with van der Waals surface area (Å²) in [5.74, 6) is -4.98. The number of sulfonamides is 1. The van der Waals surface area contributed by atoms with Crippen molar-refractivity contribution >= 4 is 45.5 Å². The highest BCUT2D eigenvalue weighted by atomic mass is 32.2. The third-order valence-corrected chi connectivity index (χ3v) is 12.0. The summed E-state index contributed by atoms with van der Waals surface area (Å²) in [4.78, 5) is 83.4. The van der Waals surface area contributed by atoms with Crippen LogP contribution in [0.15, 0.2) is 43.0 Å². The molecule has 1 N–H and O–H groups in total. The Kier molecular flexibility index (Phi) is 11.7. The largest absolute Gasteiger partial charge is 0.460 e. The van der Waals surface area contributed by atoms with E-state index in [4.69, 9.17) is 9.47 Å². The Morgan fingerprint density at radius 2 is 1.85 bits per heavy atom. The van der Waals surface area contributed by atoms with Gasteiger partial charge in [-0.3, -0.25) is 33.6 Å². The van der Waals surface area contributed by atoms with Gasteiger partial charge in [0.15, 0.2) is 11.6 Å². The number of halogens is 1. The second kappa shape index (κ2) is 15.5. The van der Waals surface area contributed by atoms with Crippen LogP contribution in [0.5, 0.6) is 0 Å². The van der Waals surface area contributed by atoms with Gasteiger partial charge in [-0.1, -0.05) is 24.3 Å². The molecule has 0 radical (unpaired) electrons. The fourth-order valence-corrected chi connectivity index (χ4v) is 8.57. The van der Waals surface area contributed by atoms with Gasteiger partial charge in [0.2, 0.25) is 21.8 Å². The van der Waals surface area contributed by atoms with E-state index >= 15 is 0 Å². The first-order valence-electron chi connectivity index (χ1n) is 18.0. The van der Waals surface area contributed by atoms with Gasteiger partial charge in [0, 0.05) is 37.3 Å². The molecule has 1 aromatic carbocycles. The molecule has 2 saturated carbocycles. The highest BCUT2D eigenvalue weighted by Gasteiger charge is 2.61. The number of esters is 1. The molecule has 3 amide bonds. The number of carbonyl (C=O) groups is 6. The van der Waals surface area contributed by atoms with Crippen LogP contribution in [0, 0.1) is 23.1 Å². The Morgan fingerprint density at radius 1 is 1.13 bits per heavy atom. The average molecular weight is 758 g/mol. The number of allylic oxidation sites excluding steroid dienone is 3. The van der Waals surface area contributed by atoms with Crippen molar-refractivity contribution in [1.82, 2.24) is 14.5 Å². The average Bonchev–Trinajstić information content (AvgIpc) is 3.96. The molecule has 15 heteroatoms. The third-order valence-electron chi connectivity index (χ3n) is 10.2. The van der Waals surface area contributed by atoms with Crippen molar-refractivity contribution in [3.63, 3.8) is 0 Å². The summed E-state index contributed by atoms with van der Waals surface area (Å²) in [6.07, 6.45) is 2.64. The van der Waals surface area contributed by atoms with E-state index in [2.05, 4.69) is 11.3 Å². The van der Waals surface area contributed by atoms with Crippen molar-refractivity contribution in [2.45, 2.75) is 115 Å². The normalized spacial score (nSPS) is 24.4. The summed E-state index contributed by atoms with van der Waals surface area (Å²) in [6, 6.07) is 3.34. The first-order valence-corrected chi connectivity index (χ1v) is 19.5. The number of Topliss-reactive ketones (excluding diaryl/α,β-unsaturated/α-hetero) is 1. The third kappa shape index (κ3) is 9.40. The minimum Gasteiger partial charge on any atom is -0.460 e. The van der Waals surface area contributed by atoms with E-state index < -0.39 is 92.2 Å². The second-order valence-electron chi connectivity index (χ2n) is 15.5. The molecular weight excluding hydrogens is 709 g/mol. The standard InChI is InChI=1S/C38H48FN3O10S/c1-6-9-26(43)13-12-23(16-33(45)52-37(3,4)5)34(46)42-21-27(51-36(48)41-20-24-10-8-11-30(39)29(24)22-41)17-31(42)32(44)19-38(18-25(38)7-2)35(47)40-53(49,50)28-14-15-28/h6-11,23,25,27-28,31H,2,12-22H2,1,3-5H3,(H,40,47)/b9-6+/t23-,25-,27?,31?,38-/m1/s1. The minimum absolute atomic E-state index is 0.0267. The summed E-state index contributed by atoms with van der Waals surface area (Å²) in [6.45, 7) is 10.3. The van der Waals surface area contributed by atoms with Crippen molar-refractivity contribution in [1.29, 1.82) is 0 Å². The van der Waals surface area contributed by atoms with Crippen molar-refractivity contribution < 1.29 is 51.0 Å². The number of likely N-dealkylation sites (tertiary alicyclic amines) is 1. The van der Waals surface area contributed by atoms with Crippen molar-refractivity contribution in [3.05, 3.63) is 60.0 Å². The van der Waals surface area contributed by atoms with Gasteiger partial charge in [0.1, 0.15) is 17.5 Å². The maximum absolute atomic E-state index is 14.4. The number of rotatable bonds is 15. The zero-order chi connectivity index (χ0) is 38.9. The topological polar surface area (TPSA) is 174 Å².